The van der Waals surface area contributed by atoms with Crippen LogP contribution in [0.5, 0.6) is 0 Å². The minimum Gasteiger partial charge on any atom is -0.462 e. The van der Waals surface area contributed by atoms with E-state index in [1.165, 1.54) is 0 Å². The van der Waals surface area contributed by atoms with Crippen molar-refractivity contribution in [2.75, 3.05) is 13.2 Å². The number of rotatable bonds is 9. The Morgan fingerprint density at radius 3 is 2.35 bits per heavy atom. The van der Waals surface area contributed by atoms with Gasteiger partial charge in [-0.1, -0.05) is 72.8 Å². The number of cyclic esters (lactones) is 1. The highest BCUT2D eigenvalue weighted by atomic mass is 16.6. The van der Waals surface area contributed by atoms with Crippen LogP contribution < -0.4 is 16.0 Å². The van der Waals surface area contributed by atoms with Gasteiger partial charge in [0.05, 0.1) is 24.6 Å². The van der Waals surface area contributed by atoms with Crippen LogP contribution in [0.15, 0.2) is 72.8 Å². The molecule has 3 amide bonds. The predicted octanol–water partition coefficient (Wildman–Crippen LogP) is 2.41. The zero-order chi connectivity index (χ0) is 28.7. The number of amides is 3. The highest BCUT2D eigenvalue weighted by Crippen LogP contribution is 2.14. The predicted molar refractivity (Wildman–Crippen MR) is 148 cm³/mol. The van der Waals surface area contributed by atoms with Crippen LogP contribution in [-0.2, 0) is 36.9 Å². The van der Waals surface area contributed by atoms with Crippen LogP contribution >= 0.6 is 0 Å². The number of nitrogens with one attached hydrogen (secondary N) is 3. The maximum atomic E-state index is 12.9. The average Bonchev–Trinajstić information content (AvgIpc) is 2.95. The van der Waals surface area contributed by atoms with Crippen molar-refractivity contribution in [3.05, 3.63) is 83.9 Å². The van der Waals surface area contributed by atoms with E-state index in [-0.39, 0.29) is 50.9 Å². The quantitative estimate of drug-likeness (QED) is 0.277. The Kier molecular flexibility index (Phi) is 12.2. The normalized spacial score (nSPS) is 20.6. The van der Waals surface area contributed by atoms with Crippen molar-refractivity contribution >= 4 is 23.9 Å². The molecule has 0 spiro atoms. The monoisotopic (exact) mass is 551 g/mol. The minimum atomic E-state index is -0.980. The molecule has 4 unspecified atom stereocenters. The Morgan fingerprint density at radius 1 is 1.02 bits per heavy atom. The van der Waals surface area contributed by atoms with E-state index in [1.807, 2.05) is 60.7 Å². The summed E-state index contributed by atoms with van der Waals surface area (Å²) in [7, 11) is 0. The minimum absolute atomic E-state index is 0.0551. The third kappa shape index (κ3) is 10.5. The van der Waals surface area contributed by atoms with Gasteiger partial charge in [0.15, 0.2) is 0 Å². The molecule has 1 aliphatic rings. The van der Waals surface area contributed by atoms with Gasteiger partial charge in [-0.05, 0) is 37.3 Å². The lowest BCUT2D eigenvalue weighted by Gasteiger charge is -2.23. The van der Waals surface area contributed by atoms with E-state index >= 15 is 0 Å². The molecule has 0 fully saturated rings. The van der Waals surface area contributed by atoms with Gasteiger partial charge in [-0.2, -0.15) is 0 Å². The van der Waals surface area contributed by atoms with Crippen LogP contribution in [-0.4, -0.2) is 60.3 Å². The molecule has 0 bridgehead atoms. The van der Waals surface area contributed by atoms with E-state index in [0.29, 0.717) is 6.42 Å². The van der Waals surface area contributed by atoms with Gasteiger partial charge < -0.3 is 30.5 Å². The fourth-order valence-corrected chi connectivity index (χ4v) is 4.18. The number of benzene rings is 2. The summed E-state index contributed by atoms with van der Waals surface area (Å²) in [5, 5.41) is 17.9. The number of carbonyl (C=O) groups is 4. The fraction of sp³-hybridized carbons (Fsp3) is 0.400. The average molecular weight is 552 g/mol. The van der Waals surface area contributed by atoms with E-state index in [2.05, 4.69) is 16.0 Å². The lowest BCUT2D eigenvalue weighted by atomic mass is 9.97. The number of ether oxygens (including phenoxy) is 2. The van der Waals surface area contributed by atoms with Crippen LogP contribution in [0.3, 0.4) is 0 Å². The molecule has 3 rings (SSSR count). The zero-order valence-corrected chi connectivity index (χ0v) is 22.6. The standard InChI is InChI=1S/C30H37N3O7/c1-21-19-39-29(37)26(33-30(38)40-20-23-12-6-3-7-13-23)15-9-8-14-24(28(36)31-21)17-27(35)32-25(18-34)16-22-10-4-2-5-11-22/h2-13,21,24-26,34H,14-20H2,1H3,(H,31,36)(H,32,35)(H,33,38). The number of aliphatic hydroxyl groups is 1. The SMILES string of the molecule is CC1COC(=O)C(NC(=O)OCc2ccccc2)CC=CCC(CC(=O)NC(CO)Cc2ccccc2)C(=O)N1. The number of allylic oxidation sites excluding steroid dienone is 1. The van der Waals surface area contributed by atoms with Gasteiger partial charge in [-0.25, -0.2) is 9.59 Å². The number of hydrogen-bond donors (Lipinski definition) is 4. The summed E-state index contributed by atoms with van der Waals surface area (Å²) < 4.78 is 10.6. The molecule has 0 aromatic heterocycles. The second-order valence-electron chi connectivity index (χ2n) is 9.78. The fourth-order valence-electron chi connectivity index (χ4n) is 4.18. The molecule has 10 nitrogen and oxygen atoms in total. The van der Waals surface area contributed by atoms with E-state index in [4.69, 9.17) is 9.47 Å². The van der Waals surface area contributed by atoms with E-state index in [0.717, 1.165) is 11.1 Å². The van der Waals surface area contributed by atoms with Gasteiger partial charge in [0.2, 0.25) is 11.8 Å². The molecule has 4 atom stereocenters. The Labute approximate surface area is 234 Å². The van der Waals surface area contributed by atoms with Gasteiger partial charge in [0, 0.05) is 6.42 Å². The molecule has 40 heavy (non-hydrogen) atoms. The van der Waals surface area contributed by atoms with Crippen molar-refractivity contribution in [3.63, 3.8) is 0 Å². The number of esters is 1. The molecule has 0 saturated carbocycles. The van der Waals surface area contributed by atoms with Crippen molar-refractivity contribution < 1.29 is 33.8 Å². The molecule has 0 aliphatic carbocycles. The van der Waals surface area contributed by atoms with Crippen LogP contribution in [0.25, 0.3) is 0 Å². The number of aliphatic hydroxyl groups excluding tert-OH is 1. The van der Waals surface area contributed by atoms with Gasteiger partial charge in [0.25, 0.3) is 0 Å². The molecule has 0 radical (unpaired) electrons. The Morgan fingerprint density at radius 2 is 1.68 bits per heavy atom. The van der Waals surface area contributed by atoms with Crippen molar-refractivity contribution in [2.24, 2.45) is 5.92 Å². The molecule has 2 aromatic rings. The summed E-state index contributed by atoms with van der Waals surface area (Å²) in [5.74, 6) is -2.01. The third-order valence-corrected chi connectivity index (χ3v) is 6.33. The molecule has 1 aliphatic heterocycles. The molecular formula is C30H37N3O7. The molecule has 4 N–H and O–H groups in total. The van der Waals surface area contributed by atoms with Gasteiger partial charge in [0.1, 0.15) is 19.3 Å². The Hall–Kier alpha value is -4.18. The summed E-state index contributed by atoms with van der Waals surface area (Å²) in [6, 6.07) is 16.7. The maximum Gasteiger partial charge on any atom is 0.408 e. The highest BCUT2D eigenvalue weighted by molar-refractivity contribution is 5.86. The summed E-state index contributed by atoms with van der Waals surface area (Å²) in [5.41, 5.74) is 1.79. The van der Waals surface area contributed by atoms with Crippen LogP contribution in [0.4, 0.5) is 4.79 Å². The Balaban J connectivity index is 1.58. The first-order valence-electron chi connectivity index (χ1n) is 13.4. The number of alkyl carbamates (subject to hydrolysis) is 1. The van der Waals surface area contributed by atoms with Crippen LogP contribution in [0.2, 0.25) is 0 Å². The van der Waals surface area contributed by atoms with E-state index in [1.54, 1.807) is 19.1 Å². The lowest BCUT2D eigenvalue weighted by molar-refractivity contribution is -0.147. The molecule has 1 heterocycles. The lowest BCUT2D eigenvalue weighted by Crippen LogP contribution is -2.46. The number of hydrogen-bond acceptors (Lipinski definition) is 7. The second-order valence-corrected chi connectivity index (χ2v) is 9.78. The van der Waals surface area contributed by atoms with Crippen LogP contribution in [0.1, 0.15) is 37.3 Å². The van der Waals surface area contributed by atoms with Crippen molar-refractivity contribution in [1.29, 1.82) is 0 Å². The van der Waals surface area contributed by atoms with Gasteiger partial charge in [-0.15, -0.1) is 0 Å². The molecule has 2 aromatic carbocycles. The first-order valence-corrected chi connectivity index (χ1v) is 13.4. The van der Waals surface area contributed by atoms with E-state index in [9.17, 15) is 24.3 Å². The summed E-state index contributed by atoms with van der Waals surface area (Å²) in [6.45, 7) is 1.40. The van der Waals surface area contributed by atoms with E-state index < -0.39 is 36.1 Å². The van der Waals surface area contributed by atoms with Crippen molar-refractivity contribution in [1.82, 2.24) is 16.0 Å². The third-order valence-electron chi connectivity index (χ3n) is 6.33. The maximum absolute atomic E-state index is 12.9. The molecule has 0 saturated heterocycles. The molecule has 10 heteroatoms. The largest absolute Gasteiger partial charge is 0.462 e. The first kappa shape index (κ1) is 30.4. The summed E-state index contributed by atoms with van der Waals surface area (Å²) >= 11 is 0. The molecular weight excluding hydrogens is 514 g/mol. The van der Waals surface area contributed by atoms with Gasteiger partial charge in [-0.3, -0.25) is 9.59 Å². The number of carbonyl (C=O) groups excluding carboxylic acids is 4. The highest BCUT2D eigenvalue weighted by Gasteiger charge is 2.27. The van der Waals surface area contributed by atoms with Gasteiger partial charge >= 0.3 is 12.1 Å². The first-order chi connectivity index (χ1) is 19.3. The topological polar surface area (TPSA) is 143 Å². The Bertz CT molecular complexity index is 1140. The van der Waals surface area contributed by atoms with Crippen molar-refractivity contribution in [2.45, 2.75) is 57.3 Å². The summed E-state index contributed by atoms with van der Waals surface area (Å²) in [4.78, 5) is 50.7. The molecule has 214 valence electrons. The second kappa shape index (κ2) is 16.0. The van der Waals surface area contributed by atoms with Crippen molar-refractivity contribution in [3.8, 4) is 0 Å². The smallest absolute Gasteiger partial charge is 0.408 e. The van der Waals surface area contributed by atoms with Crippen LogP contribution in [0, 0.1) is 5.92 Å². The summed E-state index contributed by atoms with van der Waals surface area (Å²) in [6.07, 6.45) is 3.36. The zero-order valence-electron chi connectivity index (χ0n) is 22.6.